The number of hydrogen-bond acceptors (Lipinski definition) is 4. The second kappa shape index (κ2) is 7.25. The zero-order chi connectivity index (χ0) is 19.6. The fourth-order valence-electron chi connectivity index (χ4n) is 3.10. The van der Waals surface area contributed by atoms with E-state index in [1.807, 2.05) is 13.8 Å². The predicted octanol–water partition coefficient (Wildman–Crippen LogP) is 2.24. The lowest BCUT2D eigenvalue weighted by atomic mass is 9.88. The van der Waals surface area contributed by atoms with Gasteiger partial charge in [0.2, 0.25) is 0 Å². The average Bonchev–Trinajstić information content (AvgIpc) is 2.65. The number of benzene rings is 1. The van der Waals surface area contributed by atoms with Crippen LogP contribution in [0.5, 0.6) is 5.75 Å². The zero-order valence-corrected chi connectivity index (χ0v) is 16.2. The lowest BCUT2D eigenvalue weighted by molar-refractivity contribution is 0.141. The van der Waals surface area contributed by atoms with Gasteiger partial charge in [0.15, 0.2) is 5.11 Å². The van der Waals surface area contributed by atoms with Gasteiger partial charge in [0.05, 0.1) is 17.3 Å². The molecule has 0 amide bonds. The monoisotopic (exact) mass is 380 g/mol. The topological polar surface area (TPSA) is 79.1 Å². The summed E-state index contributed by atoms with van der Waals surface area (Å²) in [6.07, 6.45) is 1.72. The Morgan fingerprint density at radius 1 is 1.33 bits per heavy atom. The summed E-state index contributed by atoms with van der Waals surface area (Å²) in [6.45, 7) is 4.28. The van der Waals surface area contributed by atoms with Gasteiger partial charge in [-0.25, -0.2) is 0 Å². The van der Waals surface area contributed by atoms with Gasteiger partial charge in [-0.2, -0.15) is 5.26 Å². The molecule has 2 heterocycles. The van der Waals surface area contributed by atoms with Crippen molar-refractivity contribution in [2.75, 3.05) is 13.6 Å². The fraction of sp³-hybridized carbons (Fsp3) is 0.250. The van der Waals surface area contributed by atoms with Crippen molar-refractivity contribution in [2.45, 2.75) is 19.4 Å². The van der Waals surface area contributed by atoms with E-state index in [1.165, 1.54) is 6.07 Å². The van der Waals surface area contributed by atoms with Crippen molar-refractivity contribution in [3.05, 3.63) is 69.6 Å². The fourth-order valence-corrected chi connectivity index (χ4v) is 3.17. The number of ether oxygens (including phenoxy) is 1. The molecule has 3 rings (SSSR count). The second-order valence-corrected chi connectivity index (χ2v) is 7.01. The lowest BCUT2D eigenvalue weighted by Crippen LogP contribution is -2.43. The highest BCUT2D eigenvalue weighted by Crippen LogP contribution is 2.41. The highest BCUT2D eigenvalue weighted by molar-refractivity contribution is 7.80. The maximum atomic E-state index is 12.6. The van der Waals surface area contributed by atoms with Crippen LogP contribution in [-0.4, -0.2) is 28.9 Å². The van der Waals surface area contributed by atoms with E-state index in [0.717, 1.165) is 5.57 Å². The van der Waals surface area contributed by atoms with E-state index < -0.39 is 5.60 Å². The molecule has 6 nitrogen and oxygen atoms in total. The summed E-state index contributed by atoms with van der Waals surface area (Å²) in [5.41, 5.74) is 1.92. The Kier molecular flexibility index (Phi) is 5.02. The molecule has 0 saturated carbocycles. The molecule has 2 N–H and O–H groups in total. The van der Waals surface area contributed by atoms with E-state index in [9.17, 15) is 10.1 Å². The summed E-state index contributed by atoms with van der Waals surface area (Å²) in [4.78, 5) is 12.6. The minimum atomic E-state index is -0.678. The third-order valence-electron chi connectivity index (χ3n) is 4.46. The normalized spacial score (nSPS) is 14.6. The third-order valence-corrected chi connectivity index (χ3v) is 4.81. The molecule has 0 atom stereocenters. The number of rotatable bonds is 3. The molecular formula is C20H20N4O2S. The quantitative estimate of drug-likeness (QED) is 0.795. The molecule has 1 aromatic heterocycles. The largest absolute Gasteiger partial charge is 0.483 e. The van der Waals surface area contributed by atoms with Crippen LogP contribution in [-0.2, 0) is 0 Å². The molecule has 0 saturated heterocycles. The van der Waals surface area contributed by atoms with Gasteiger partial charge in [-0.3, -0.25) is 9.36 Å². The predicted molar refractivity (Wildman–Crippen MR) is 109 cm³/mol. The van der Waals surface area contributed by atoms with E-state index in [2.05, 4.69) is 16.7 Å². The molecule has 1 aromatic carbocycles. The maximum Gasteiger partial charge on any atom is 0.255 e. The van der Waals surface area contributed by atoms with E-state index in [0.29, 0.717) is 34.2 Å². The smallest absolute Gasteiger partial charge is 0.255 e. The number of hydrogen-bond donors (Lipinski definition) is 2. The van der Waals surface area contributed by atoms with E-state index in [-0.39, 0.29) is 5.56 Å². The first-order chi connectivity index (χ1) is 12.9. The van der Waals surface area contributed by atoms with Gasteiger partial charge in [0.25, 0.3) is 5.56 Å². The summed E-state index contributed by atoms with van der Waals surface area (Å²) in [5.74, 6) is 0.629. The van der Waals surface area contributed by atoms with Crippen LogP contribution in [0.15, 0.2) is 53.0 Å². The van der Waals surface area contributed by atoms with Crippen molar-refractivity contribution < 1.29 is 4.74 Å². The van der Waals surface area contributed by atoms with E-state index in [1.54, 1.807) is 48.1 Å². The van der Waals surface area contributed by atoms with Crippen molar-refractivity contribution >= 4 is 23.0 Å². The summed E-state index contributed by atoms with van der Waals surface area (Å²) >= 11 is 5.20. The Hall–Kier alpha value is -3.11. The molecule has 1 aliphatic heterocycles. The van der Waals surface area contributed by atoms with Crippen LogP contribution in [0.1, 0.15) is 25.0 Å². The van der Waals surface area contributed by atoms with Crippen LogP contribution in [0.4, 0.5) is 0 Å². The molecule has 138 valence electrons. The van der Waals surface area contributed by atoms with Crippen LogP contribution < -0.4 is 20.9 Å². The van der Waals surface area contributed by atoms with Crippen molar-refractivity contribution in [1.29, 1.82) is 5.26 Å². The van der Waals surface area contributed by atoms with Gasteiger partial charge in [0.1, 0.15) is 11.4 Å². The van der Waals surface area contributed by atoms with Gasteiger partial charge in [-0.05, 0) is 50.3 Å². The molecule has 1 aliphatic rings. The number of aromatic nitrogens is 1. The van der Waals surface area contributed by atoms with Crippen molar-refractivity contribution in [3.63, 3.8) is 0 Å². The minimum Gasteiger partial charge on any atom is -0.483 e. The third kappa shape index (κ3) is 3.57. The summed E-state index contributed by atoms with van der Waals surface area (Å²) in [5, 5.41) is 15.8. The molecule has 0 radical (unpaired) electrons. The molecule has 0 spiro atoms. The molecule has 27 heavy (non-hydrogen) atoms. The number of pyridine rings is 1. The Balaban J connectivity index is 2.30. The Morgan fingerprint density at radius 3 is 2.78 bits per heavy atom. The van der Waals surface area contributed by atoms with Gasteiger partial charge in [-0.15, -0.1) is 0 Å². The molecule has 0 fully saturated rings. The minimum absolute atomic E-state index is 0.160. The molecule has 2 aromatic rings. The molecule has 0 unspecified atom stereocenters. The highest BCUT2D eigenvalue weighted by atomic mass is 32.1. The maximum absolute atomic E-state index is 12.6. The standard InChI is InChI=1S/C20H20N4O2S/c1-20(2)15(12-23-19(27)22-3)18(24-9-5-4-6-17(24)25)14-10-13(11-21)7-8-16(14)26-20/h4-10H,12H2,1-3H3,(H2,22,23,27). The first-order valence-electron chi connectivity index (χ1n) is 8.48. The summed E-state index contributed by atoms with van der Waals surface area (Å²) in [6, 6.07) is 12.4. The lowest BCUT2D eigenvalue weighted by Gasteiger charge is -2.37. The van der Waals surface area contributed by atoms with Crippen molar-refractivity contribution in [2.24, 2.45) is 0 Å². The number of nitriles is 1. The van der Waals surface area contributed by atoms with Gasteiger partial charge in [0, 0.05) is 37.0 Å². The van der Waals surface area contributed by atoms with Gasteiger partial charge < -0.3 is 15.4 Å². The number of nitrogens with one attached hydrogen (secondary N) is 2. The second-order valence-electron chi connectivity index (χ2n) is 6.60. The summed E-state index contributed by atoms with van der Waals surface area (Å²) in [7, 11) is 1.74. The van der Waals surface area contributed by atoms with E-state index in [4.69, 9.17) is 17.0 Å². The number of fused-ring (bicyclic) bond motifs is 1. The van der Waals surface area contributed by atoms with Crippen LogP contribution in [0.2, 0.25) is 0 Å². The summed E-state index contributed by atoms with van der Waals surface area (Å²) < 4.78 is 7.79. The van der Waals surface area contributed by atoms with Crippen molar-refractivity contribution in [3.8, 4) is 11.8 Å². The number of nitrogens with zero attached hydrogens (tertiary/aromatic N) is 2. The first-order valence-corrected chi connectivity index (χ1v) is 8.89. The Morgan fingerprint density at radius 2 is 2.11 bits per heavy atom. The molecule has 0 bridgehead atoms. The Labute approximate surface area is 163 Å². The first kappa shape index (κ1) is 18.7. The molecule has 0 aliphatic carbocycles. The molecule has 7 heteroatoms. The van der Waals surface area contributed by atoms with E-state index >= 15 is 0 Å². The van der Waals surface area contributed by atoms with Crippen molar-refractivity contribution in [1.82, 2.24) is 15.2 Å². The number of thiocarbonyl (C=S) groups is 1. The molecular weight excluding hydrogens is 360 g/mol. The van der Waals surface area contributed by atoms with Crippen LogP contribution in [0.3, 0.4) is 0 Å². The van der Waals surface area contributed by atoms with Crippen LogP contribution >= 0.6 is 12.2 Å². The zero-order valence-electron chi connectivity index (χ0n) is 15.4. The van der Waals surface area contributed by atoms with Crippen LogP contribution in [0.25, 0.3) is 5.70 Å². The van der Waals surface area contributed by atoms with Gasteiger partial charge >= 0.3 is 0 Å². The van der Waals surface area contributed by atoms with Crippen LogP contribution in [0, 0.1) is 11.3 Å². The SMILES string of the molecule is CNC(=S)NCC1=C(n2ccccc2=O)c2cc(C#N)ccc2OC1(C)C. The Bertz CT molecular complexity index is 1030. The average molecular weight is 380 g/mol. The van der Waals surface area contributed by atoms with Gasteiger partial charge in [-0.1, -0.05) is 6.07 Å². The highest BCUT2D eigenvalue weighted by Gasteiger charge is 2.36.